The topological polar surface area (TPSA) is 43.6 Å². The van der Waals surface area contributed by atoms with Crippen LogP contribution in [0.25, 0.3) is 104 Å². The zero-order chi connectivity index (χ0) is 35.0. The minimum Gasteiger partial charge on any atom is -0.308 e. The molecule has 7 aromatic carbocycles. The maximum Gasteiger partial charge on any atom is 0.165 e. The molecule has 0 spiro atoms. The molecule has 0 saturated carbocycles. The maximum absolute atomic E-state index is 5.36. The Morgan fingerprint density at radius 3 is 2.08 bits per heavy atom. The van der Waals surface area contributed by atoms with Gasteiger partial charge in [0.05, 0.1) is 16.7 Å². The summed E-state index contributed by atoms with van der Waals surface area (Å²) in [4.78, 5) is 15.8. The van der Waals surface area contributed by atoms with Crippen molar-refractivity contribution in [2.24, 2.45) is 0 Å². The Morgan fingerprint density at radius 2 is 1.19 bits per heavy atom. The standard InChI is InChI=1S/C48H30N4S/c1-48(2)36-24-23-32-29-15-6-9-20-38(29)52-39-21-10-7-16-30(39)35-25-28(26-37(48)41(35)42(36)43(32)52)46-49-45(27-13-4-3-5-14-27)50-47(51-46)34-19-12-18-33-31-17-8-11-22-40(31)53-44(33)34/h3-26H,1-2H3. The molecular weight excluding hydrogens is 665 g/mol. The van der Waals surface area contributed by atoms with Crippen molar-refractivity contribution < 1.29 is 0 Å². The Kier molecular flexibility index (Phi) is 5.69. The number of hydrogen-bond donors (Lipinski definition) is 0. The fourth-order valence-corrected chi connectivity index (χ4v) is 10.3. The molecule has 0 bridgehead atoms. The van der Waals surface area contributed by atoms with Crippen molar-refractivity contribution in [1.82, 2.24) is 19.5 Å². The van der Waals surface area contributed by atoms with Gasteiger partial charge in [0.25, 0.3) is 0 Å². The summed E-state index contributed by atoms with van der Waals surface area (Å²) >= 11 is 1.80. The minimum absolute atomic E-state index is 0.238. The molecule has 0 radical (unpaired) electrons. The molecule has 0 N–H and O–H groups in total. The first kappa shape index (κ1) is 29.2. The second-order valence-electron chi connectivity index (χ2n) is 14.8. The quantitative estimate of drug-likeness (QED) is 0.185. The SMILES string of the molecule is CC1(C)c2cc(-c3nc(-c4ccccc4)nc(-c4cccc5c4sc4ccccc45)n3)cc3c2-c2c1ccc1c4ccccc4n(c21)-c1ccccc1-3. The molecular formula is C48H30N4S. The van der Waals surface area contributed by atoms with Crippen LogP contribution in [0.15, 0.2) is 146 Å². The van der Waals surface area contributed by atoms with E-state index in [1.54, 1.807) is 11.3 Å². The number of benzene rings is 7. The monoisotopic (exact) mass is 694 g/mol. The first-order chi connectivity index (χ1) is 26.0. The third-order valence-corrected chi connectivity index (χ3v) is 12.8. The van der Waals surface area contributed by atoms with Crippen molar-refractivity contribution in [1.29, 1.82) is 0 Å². The number of hydrogen-bond acceptors (Lipinski definition) is 4. The molecule has 0 atom stereocenters. The molecule has 5 heteroatoms. The summed E-state index contributed by atoms with van der Waals surface area (Å²) in [6.07, 6.45) is 0. The number of rotatable bonds is 3. The van der Waals surface area contributed by atoms with Crippen molar-refractivity contribution in [2.75, 3.05) is 0 Å². The second-order valence-corrected chi connectivity index (χ2v) is 15.8. The molecule has 3 aromatic heterocycles. The summed E-state index contributed by atoms with van der Waals surface area (Å²) in [5, 5.41) is 5.06. The van der Waals surface area contributed by atoms with Gasteiger partial charge in [-0.05, 0) is 58.7 Å². The summed E-state index contributed by atoms with van der Waals surface area (Å²) in [6.45, 7) is 4.74. The van der Waals surface area contributed by atoms with Gasteiger partial charge in [-0.1, -0.05) is 123 Å². The lowest BCUT2D eigenvalue weighted by Crippen LogP contribution is -2.15. The number of nitrogens with zero attached hydrogens (tertiary/aromatic N) is 4. The van der Waals surface area contributed by atoms with Crippen molar-refractivity contribution in [3.8, 4) is 62.1 Å². The number of fused-ring (bicyclic) bond motifs is 9. The highest BCUT2D eigenvalue weighted by Gasteiger charge is 2.41. The van der Waals surface area contributed by atoms with Crippen LogP contribution in [0.1, 0.15) is 25.0 Å². The van der Waals surface area contributed by atoms with Crippen LogP contribution in [-0.4, -0.2) is 19.5 Å². The lowest BCUT2D eigenvalue weighted by Gasteiger charge is -2.23. The molecule has 0 amide bonds. The van der Waals surface area contributed by atoms with Gasteiger partial charge in [-0.15, -0.1) is 11.3 Å². The lowest BCUT2D eigenvalue weighted by atomic mass is 9.80. The molecule has 4 heterocycles. The summed E-state index contributed by atoms with van der Waals surface area (Å²) < 4.78 is 4.95. The van der Waals surface area contributed by atoms with Crippen LogP contribution in [0, 0.1) is 0 Å². The number of aromatic nitrogens is 4. The third kappa shape index (κ3) is 3.87. The van der Waals surface area contributed by atoms with Gasteiger partial charge in [-0.2, -0.15) is 0 Å². The van der Waals surface area contributed by atoms with E-state index in [-0.39, 0.29) is 5.41 Å². The van der Waals surface area contributed by atoms with E-state index in [9.17, 15) is 0 Å². The van der Waals surface area contributed by atoms with Crippen LogP contribution in [-0.2, 0) is 5.41 Å². The van der Waals surface area contributed by atoms with Gasteiger partial charge in [0.2, 0.25) is 0 Å². The van der Waals surface area contributed by atoms with E-state index in [1.807, 2.05) is 18.2 Å². The molecule has 12 rings (SSSR count). The van der Waals surface area contributed by atoms with E-state index in [0.29, 0.717) is 17.5 Å². The number of para-hydroxylation sites is 2. The lowest BCUT2D eigenvalue weighted by molar-refractivity contribution is 0.661. The molecule has 1 aliphatic heterocycles. The zero-order valence-corrected chi connectivity index (χ0v) is 29.9. The average Bonchev–Trinajstić information content (AvgIpc) is 3.80. The Hall–Kier alpha value is -6.43. The fourth-order valence-electron chi connectivity index (χ4n) is 9.13. The predicted molar refractivity (Wildman–Crippen MR) is 220 cm³/mol. The summed E-state index contributed by atoms with van der Waals surface area (Å²) in [7, 11) is 0. The van der Waals surface area contributed by atoms with Crippen LogP contribution in [0.4, 0.5) is 0 Å². The predicted octanol–water partition coefficient (Wildman–Crippen LogP) is 12.6. The van der Waals surface area contributed by atoms with Crippen molar-refractivity contribution in [3.05, 3.63) is 157 Å². The molecule has 0 fully saturated rings. The van der Waals surface area contributed by atoms with Gasteiger partial charge in [0, 0.05) is 64.2 Å². The van der Waals surface area contributed by atoms with E-state index in [1.165, 1.54) is 81.0 Å². The van der Waals surface area contributed by atoms with E-state index in [4.69, 9.17) is 15.0 Å². The van der Waals surface area contributed by atoms with Crippen LogP contribution in [0.5, 0.6) is 0 Å². The minimum atomic E-state index is -0.238. The molecule has 2 aliphatic rings. The second kappa shape index (κ2) is 10.3. The van der Waals surface area contributed by atoms with Gasteiger partial charge in [-0.25, -0.2) is 15.0 Å². The molecule has 248 valence electrons. The normalized spacial score (nSPS) is 13.6. The molecule has 0 unspecified atom stereocenters. The smallest absolute Gasteiger partial charge is 0.165 e. The van der Waals surface area contributed by atoms with Crippen LogP contribution < -0.4 is 0 Å². The van der Waals surface area contributed by atoms with Crippen LogP contribution >= 0.6 is 11.3 Å². The highest BCUT2D eigenvalue weighted by atomic mass is 32.1. The molecule has 53 heavy (non-hydrogen) atoms. The highest BCUT2D eigenvalue weighted by molar-refractivity contribution is 7.26. The maximum atomic E-state index is 5.36. The molecule has 0 saturated heterocycles. The first-order valence-electron chi connectivity index (χ1n) is 18.1. The van der Waals surface area contributed by atoms with Crippen molar-refractivity contribution >= 4 is 53.3 Å². The number of thiophene rings is 1. The van der Waals surface area contributed by atoms with Crippen LogP contribution in [0.3, 0.4) is 0 Å². The Labute approximate surface area is 309 Å². The molecule has 1 aliphatic carbocycles. The van der Waals surface area contributed by atoms with E-state index in [2.05, 4.69) is 146 Å². The highest BCUT2D eigenvalue weighted by Crippen LogP contribution is 2.58. The Bertz CT molecular complexity index is 3200. The van der Waals surface area contributed by atoms with Gasteiger partial charge >= 0.3 is 0 Å². The van der Waals surface area contributed by atoms with Gasteiger partial charge in [0.15, 0.2) is 17.5 Å². The van der Waals surface area contributed by atoms with E-state index < -0.39 is 0 Å². The summed E-state index contributed by atoms with van der Waals surface area (Å²) in [5.41, 5.74) is 14.2. The van der Waals surface area contributed by atoms with E-state index in [0.717, 1.165) is 16.7 Å². The molecule has 4 nitrogen and oxygen atoms in total. The first-order valence-corrected chi connectivity index (χ1v) is 18.9. The van der Waals surface area contributed by atoms with Crippen LogP contribution in [0.2, 0.25) is 0 Å². The zero-order valence-electron chi connectivity index (χ0n) is 29.1. The Morgan fingerprint density at radius 1 is 0.491 bits per heavy atom. The fraction of sp³-hybridized carbons (Fsp3) is 0.0625. The summed E-state index contributed by atoms with van der Waals surface area (Å²) in [6, 6.07) is 52.5. The van der Waals surface area contributed by atoms with Crippen molar-refractivity contribution in [3.63, 3.8) is 0 Å². The average molecular weight is 695 g/mol. The van der Waals surface area contributed by atoms with Gasteiger partial charge in [0.1, 0.15) is 0 Å². The largest absolute Gasteiger partial charge is 0.308 e. The molecule has 10 aromatic rings. The Balaban J connectivity index is 1.17. The van der Waals surface area contributed by atoms with Gasteiger partial charge < -0.3 is 4.57 Å². The third-order valence-electron chi connectivity index (χ3n) is 11.6. The van der Waals surface area contributed by atoms with E-state index >= 15 is 0 Å². The summed E-state index contributed by atoms with van der Waals surface area (Å²) in [5.74, 6) is 2.03. The van der Waals surface area contributed by atoms with Crippen molar-refractivity contribution in [2.45, 2.75) is 19.3 Å². The van der Waals surface area contributed by atoms with Gasteiger partial charge in [-0.3, -0.25) is 0 Å².